The fourth-order valence-electron chi connectivity index (χ4n) is 1.59. The van der Waals surface area contributed by atoms with E-state index in [9.17, 15) is 4.79 Å². The number of rotatable bonds is 6. The van der Waals surface area contributed by atoms with Crippen molar-refractivity contribution < 1.29 is 15.0 Å². The Morgan fingerprint density at radius 2 is 2.24 bits per heavy atom. The summed E-state index contributed by atoms with van der Waals surface area (Å²) in [7, 11) is 0. The Balaban J connectivity index is 2.67. The van der Waals surface area contributed by atoms with Crippen molar-refractivity contribution in [2.24, 2.45) is 0 Å². The fraction of sp³-hybridized carbons (Fsp3) is 0.500. The third-order valence-corrected chi connectivity index (χ3v) is 2.51. The predicted octanol–water partition coefficient (Wildman–Crippen LogP) is 1.66. The summed E-state index contributed by atoms with van der Waals surface area (Å²) in [4.78, 5) is 15.0. The zero-order chi connectivity index (χ0) is 12.8. The highest BCUT2D eigenvalue weighted by Gasteiger charge is 2.09. The van der Waals surface area contributed by atoms with E-state index in [0.717, 1.165) is 12.8 Å². The molecule has 1 rings (SSSR count). The average molecular weight is 238 g/mol. The van der Waals surface area contributed by atoms with Crippen LogP contribution in [-0.4, -0.2) is 33.8 Å². The third-order valence-electron chi connectivity index (χ3n) is 2.51. The second-order valence-electron chi connectivity index (χ2n) is 4.05. The van der Waals surface area contributed by atoms with Crippen molar-refractivity contribution in [3.63, 3.8) is 0 Å². The van der Waals surface area contributed by atoms with Crippen LogP contribution < -0.4 is 5.32 Å². The Hall–Kier alpha value is -1.62. The van der Waals surface area contributed by atoms with Crippen molar-refractivity contribution in [3.05, 3.63) is 23.4 Å². The molecular formula is C12H18N2O3. The SMILES string of the molecule is Cc1nc(NC(C)CCCO)ccc1C(=O)O. The summed E-state index contributed by atoms with van der Waals surface area (Å²) in [6.07, 6.45) is 1.58. The summed E-state index contributed by atoms with van der Waals surface area (Å²) in [6.45, 7) is 3.85. The number of aryl methyl sites for hydroxylation is 1. The van der Waals surface area contributed by atoms with Gasteiger partial charge in [0.15, 0.2) is 0 Å². The van der Waals surface area contributed by atoms with Crippen molar-refractivity contribution in [2.45, 2.75) is 32.7 Å². The van der Waals surface area contributed by atoms with E-state index in [1.165, 1.54) is 0 Å². The maximum atomic E-state index is 10.8. The number of aromatic carboxylic acids is 1. The van der Waals surface area contributed by atoms with Crippen LogP contribution in [0.1, 0.15) is 35.8 Å². The standard InChI is InChI=1S/C12H18N2O3/c1-8(4-3-7-15)13-11-6-5-10(12(16)17)9(2)14-11/h5-6,8,15H,3-4,7H2,1-2H3,(H,13,14)(H,16,17). The van der Waals surface area contributed by atoms with Gasteiger partial charge in [-0.25, -0.2) is 9.78 Å². The number of nitrogens with one attached hydrogen (secondary N) is 1. The Morgan fingerprint density at radius 3 is 2.76 bits per heavy atom. The number of aliphatic hydroxyl groups excluding tert-OH is 1. The highest BCUT2D eigenvalue weighted by molar-refractivity contribution is 5.89. The minimum atomic E-state index is -0.963. The van der Waals surface area contributed by atoms with Gasteiger partial charge in [0, 0.05) is 12.6 Å². The molecule has 5 nitrogen and oxygen atoms in total. The summed E-state index contributed by atoms with van der Waals surface area (Å²) in [5.74, 6) is -0.298. The van der Waals surface area contributed by atoms with Gasteiger partial charge < -0.3 is 15.5 Å². The highest BCUT2D eigenvalue weighted by Crippen LogP contribution is 2.12. The molecule has 0 saturated heterocycles. The number of anilines is 1. The minimum Gasteiger partial charge on any atom is -0.478 e. The van der Waals surface area contributed by atoms with Gasteiger partial charge in [0.25, 0.3) is 0 Å². The summed E-state index contributed by atoms with van der Waals surface area (Å²) in [5, 5.41) is 20.7. The molecule has 0 aromatic carbocycles. The molecule has 0 radical (unpaired) electrons. The number of hydrogen-bond donors (Lipinski definition) is 3. The lowest BCUT2D eigenvalue weighted by molar-refractivity contribution is 0.0695. The first-order valence-electron chi connectivity index (χ1n) is 5.63. The van der Waals surface area contributed by atoms with Gasteiger partial charge in [0.2, 0.25) is 0 Å². The van der Waals surface area contributed by atoms with Gasteiger partial charge in [-0.2, -0.15) is 0 Å². The van der Waals surface area contributed by atoms with Crippen LogP contribution in [-0.2, 0) is 0 Å². The van der Waals surface area contributed by atoms with Crippen molar-refractivity contribution in [2.75, 3.05) is 11.9 Å². The number of carboxylic acids is 1. The lowest BCUT2D eigenvalue weighted by atomic mass is 10.2. The van der Waals surface area contributed by atoms with Crippen LogP contribution in [0.15, 0.2) is 12.1 Å². The second-order valence-corrected chi connectivity index (χ2v) is 4.05. The number of carboxylic acid groups (broad SMARTS) is 1. The molecule has 5 heteroatoms. The van der Waals surface area contributed by atoms with E-state index in [1.54, 1.807) is 19.1 Å². The van der Waals surface area contributed by atoms with Crippen molar-refractivity contribution in [1.82, 2.24) is 4.98 Å². The van der Waals surface area contributed by atoms with Crippen LogP contribution in [0.5, 0.6) is 0 Å². The van der Waals surface area contributed by atoms with Gasteiger partial charge in [-0.1, -0.05) is 0 Å². The van der Waals surface area contributed by atoms with Crippen molar-refractivity contribution in [3.8, 4) is 0 Å². The predicted molar refractivity (Wildman–Crippen MR) is 65.3 cm³/mol. The molecule has 0 bridgehead atoms. The molecule has 0 amide bonds. The first kappa shape index (κ1) is 13.4. The number of aliphatic hydroxyl groups is 1. The zero-order valence-electron chi connectivity index (χ0n) is 10.1. The van der Waals surface area contributed by atoms with E-state index in [1.807, 2.05) is 6.92 Å². The van der Waals surface area contributed by atoms with Crippen molar-refractivity contribution in [1.29, 1.82) is 0 Å². The Bertz CT molecular complexity index is 393. The first-order chi connectivity index (χ1) is 8.04. The number of aromatic nitrogens is 1. The number of nitrogens with zero attached hydrogens (tertiary/aromatic N) is 1. The molecule has 1 aromatic rings. The molecule has 1 heterocycles. The van der Waals surface area contributed by atoms with E-state index < -0.39 is 5.97 Å². The molecule has 1 aromatic heterocycles. The molecule has 0 aliphatic carbocycles. The average Bonchev–Trinajstić information content (AvgIpc) is 2.26. The van der Waals surface area contributed by atoms with Crippen LogP contribution in [0.2, 0.25) is 0 Å². The van der Waals surface area contributed by atoms with Crippen LogP contribution in [0.4, 0.5) is 5.82 Å². The van der Waals surface area contributed by atoms with Gasteiger partial charge in [-0.15, -0.1) is 0 Å². The van der Waals surface area contributed by atoms with E-state index in [4.69, 9.17) is 10.2 Å². The minimum absolute atomic E-state index is 0.177. The zero-order valence-corrected chi connectivity index (χ0v) is 10.1. The lowest BCUT2D eigenvalue weighted by Gasteiger charge is -2.14. The summed E-state index contributed by atoms with van der Waals surface area (Å²) in [6, 6.07) is 3.40. The van der Waals surface area contributed by atoms with Gasteiger partial charge in [-0.05, 0) is 38.8 Å². The third kappa shape index (κ3) is 4.03. The maximum absolute atomic E-state index is 10.8. The molecule has 0 spiro atoms. The van der Waals surface area contributed by atoms with Crippen LogP contribution >= 0.6 is 0 Å². The van der Waals surface area contributed by atoms with Crippen LogP contribution in [0.25, 0.3) is 0 Å². The smallest absolute Gasteiger partial charge is 0.337 e. The quantitative estimate of drug-likeness (QED) is 0.702. The van der Waals surface area contributed by atoms with Crippen LogP contribution in [0, 0.1) is 6.92 Å². The fourth-order valence-corrected chi connectivity index (χ4v) is 1.59. The summed E-state index contributed by atoms with van der Waals surface area (Å²) < 4.78 is 0. The van der Waals surface area contributed by atoms with Crippen LogP contribution in [0.3, 0.4) is 0 Å². The Kier molecular flexibility index (Phi) is 4.90. The van der Waals surface area contributed by atoms with Gasteiger partial charge in [0.1, 0.15) is 5.82 Å². The summed E-state index contributed by atoms with van der Waals surface area (Å²) in [5.41, 5.74) is 0.718. The molecule has 1 unspecified atom stereocenters. The highest BCUT2D eigenvalue weighted by atomic mass is 16.4. The van der Waals surface area contributed by atoms with Crippen molar-refractivity contribution >= 4 is 11.8 Å². The van der Waals surface area contributed by atoms with Gasteiger partial charge in [0.05, 0.1) is 11.3 Å². The molecule has 94 valence electrons. The molecule has 17 heavy (non-hydrogen) atoms. The monoisotopic (exact) mass is 238 g/mol. The normalized spacial score (nSPS) is 12.2. The number of hydrogen-bond acceptors (Lipinski definition) is 4. The number of carbonyl (C=O) groups is 1. The molecule has 1 atom stereocenters. The summed E-state index contributed by atoms with van der Waals surface area (Å²) >= 11 is 0. The van der Waals surface area contributed by atoms with E-state index >= 15 is 0 Å². The lowest BCUT2D eigenvalue weighted by Crippen LogP contribution is -2.17. The molecular weight excluding hydrogens is 220 g/mol. The largest absolute Gasteiger partial charge is 0.478 e. The molecule has 0 fully saturated rings. The Morgan fingerprint density at radius 1 is 1.53 bits per heavy atom. The molecule has 0 aliphatic rings. The van der Waals surface area contributed by atoms with Gasteiger partial charge in [-0.3, -0.25) is 0 Å². The molecule has 0 aliphatic heterocycles. The first-order valence-corrected chi connectivity index (χ1v) is 5.63. The molecule has 0 saturated carbocycles. The van der Waals surface area contributed by atoms with E-state index in [2.05, 4.69) is 10.3 Å². The maximum Gasteiger partial charge on any atom is 0.337 e. The van der Waals surface area contributed by atoms with E-state index in [0.29, 0.717) is 11.5 Å². The topological polar surface area (TPSA) is 82.5 Å². The number of pyridine rings is 1. The Labute approximate surface area is 101 Å². The van der Waals surface area contributed by atoms with Gasteiger partial charge >= 0.3 is 5.97 Å². The van der Waals surface area contributed by atoms with E-state index in [-0.39, 0.29) is 18.2 Å². The molecule has 3 N–H and O–H groups in total. The second kappa shape index (κ2) is 6.20.